The summed E-state index contributed by atoms with van der Waals surface area (Å²) in [6.45, 7) is 0. The largest absolute Gasteiger partial charge is 0.292 e. The Bertz CT molecular complexity index is 1000. The number of non-ortho nitro benzene ring substituents is 2. The second kappa shape index (κ2) is 7.64. The summed E-state index contributed by atoms with van der Waals surface area (Å²) in [4.78, 5) is 36.3. The molecule has 2 heterocycles. The number of ketones is 1. The monoisotopic (exact) mass is 405 g/mol. The fraction of sp³-hybridized carbons (Fsp3) is 0.227. The van der Waals surface area contributed by atoms with E-state index in [1.807, 2.05) is 7.05 Å². The summed E-state index contributed by atoms with van der Waals surface area (Å²) in [7, 11) is 1.99. The van der Waals surface area contributed by atoms with Gasteiger partial charge in [0.2, 0.25) is 0 Å². The first-order valence-corrected chi connectivity index (χ1v) is 9.54. The lowest BCUT2D eigenvalue weighted by Crippen LogP contribution is -2.43. The van der Waals surface area contributed by atoms with Crippen LogP contribution in [0.5, 0.6) is 0 Å². The Morgan fingerprint density at radius 3 is 1.50 bits per heavy atom. The number of nitrogens with zero attached hydrogens (tertiary/aromatic N) is 3. The Morgan fingerprint density at radius 1 is 0.800 bits per heavy atom. The fourth-order valence-electron chi connectivity index (χ4n) is 4.23. The SMILES string of the molecule is CN1C2CCC1/C(=C\c1ccc([N+](=O)[O-])cc1)C(=O)/C2=C/c1ccc([N+](=O)[O-])cc1. The molecule has 2 saturated heterocycles. The number of hydrogen-bond acceptors (Lipinski definition) is 6. The van der Waals surface area contributed by atoms with Gasteiger partial charge in [-0.05, 0) is 67.4 Å². The van der Waals surface area contributed by atoms with Gasteiger partial charge in [-0.2, -0.15) is 0 Å². The lowest BCUT2D eigenvalue weighted by molar-refractivity contribution is -0.385. The molecule has 0 aliphatic carbocycles. The minimum Gasteiger partial charge on any atom is -0.292 e. The minimum atomic E-state index is -0.455. The molecule has 0 saturated carbocycles. The van der Waals surface area contributed by atoms with Crippen molar-refractivity contribution in [2.45, 2.75) is 24.9 Å². The van der Waals surface area contributed by atoms with Crippen molar-refractivity contribution in [3.63, 3.8) is 0 Å². The number of nitro benzene ring substituents is 2. The lowest BCUT2D eigenvalue weighted by Gasteiger charge is -2.34. The number of rotatable bonds is 4. The van der Waals surface area contributed by atoms with Gasteiger partial charge in [0.25, 0.3) is 11.4 Å². The first kappa shape index (κ1) is 19.7. The van der Waals surface area contributed by atoms with Crippen molar-refractivity contribution in [1.29, 1.82) is 0 Å². The van der Waals surface area contributed by atoms with Crippen LogP contribution in [0.1, 0.15) is 24.0 Å². The van der Waals surface area contributed by atoms with Crippen molar-refractivity contribution in [2.24, 2.45) is 0 Å². The molecule has 0 aromatic heterocycles. The van der Waals surface area contributed by atoms with E-state index in [-0.39, 0.29) is 29.2 Å². The van der Waals surface area contributed by atoms with Crippen LogP contribution in [-0.4, -0.2) is 39.7 Å². The van der Waals surface area contributed by atoms with E-state index in [1.54, 1.807) is 36.4 Å². The molecule has 2 aromatic rings. The van der Waals surface area contributed by atoms with Crippen LogP contribution in [0.3, 0.4) is 0 Å². The molecule has 2 unspecified atom stereocenters. The Hall–Kier alpha value is -3.65. The van der Waals surface area contributed by atoms with Gasteiger partial charge in [-0.15, -0.1) is 0 Å². The van der Waals surface area contributed by atoms with Crippen molar-refractivity contribution in [1.82, 2.24) is 4.90 Å². The predicted octanol–water partition coefficient (Wildman–Crippen LogP) is 4.02. The molecule has 0 amide bonds. The van der Waals surface area contributed by atoms with Crippen LogP contribution in [0, 0.1) is 20.2 Å². The maximum atomic E-state index is 13.3. The second-order valence-electron chi connectivity index (χ2n) is 7.50. The van der Waals surface area contributed by atoms with Crippen molar-refractivity contribution in [2.75, 3.05) is 7.05 Å². The van der Waals surface area contributed by atoms with Crippen LogP contribution in [0.4, 0.5) is 11.4 Å². The van der Waals surface area contributed by atoms with Gasteiger partial charge in [0.05, 0.1) is 9.85 Å². The van der Waals surface area contributed by atoms with E-state index in [4.69, 9.17) is 0 Å². The molecular weight excluding hydrogens is 386 g/mol. The van der Waals surface area contributed by atoms with E-state index in [9.17, 15) is 25.0 Å². The Morgan fingerprint density at radius 2 is 1.17 bits per heavy atom. The van der Waals surface area contributed by atoms with Crippen molar-refractivity contribution in [3.8, 4) is 0 Å². The van der Waals surface area contributed by atoms with Gasteiger partial charge in [0.15, 0.2) is 5.78 Å². The first-order chi connectivity index (χ1) is 14.3. The molecule has 4 rings (SSSR count). The molecule has 8 nitrogen and oxygen atoms in total. The summed E-state index contributed by atoms with van der Waals surface area (Å²) < 4.78 is 0. The molecule has 0 N–H and O–H groups in total. The van der Waals surface area contributed by atoms with Gasteiger partial charge in [0.1, 0.15) is 0 Å². The molecule has 2 aliphatic rings. The highest BCUT2D eigenvalue weighted by molar-refractivity contribution is 6.16. The fourth-order valence-corrected chi connectivity index (χ4v) is 4.23. The Balaban J connectivity index is 1.70. The van der Waals surface area contributed by atoms with Crippen LogP contribution in [0.2, 0.25) is 0 Å². The normalized spacial score (nSPS) is 23.8. The zero-order valence-corrected chi connectivity index (χ0v) is 16.2. The third-order valence-electron chi connectivity index (χ3n) is 5.79. The van der Waals surface area contributed by atoms with Crippen LogP contribution < -0.4 is 0 Å². The highest BCUT2D eigenvalue weighted by atomic mass is 16.6. The number of carbonyl (C=O) groups excluding carboxylic acids is 1. The zero-order valence-electron chi connectivity index (χ0n) is 16.2. The Labute approximate surface area is 172 Å². The molecule has 0 spiro atoms. The van der Waals surface area contributed by atoms with E-state index in [0.717, 1.165) is 24.0 Å². The Kier molecular flexibility index (Phi) is 5.01. The van der Waals surface area contributed by atoms with Crippen molar-refractivity contribution < 1.29 is 14.6 Å². The lowest BCUT2D eigenvalue weighted by atomic mass is 9.88. The summed E-state index contributed by atoms with van der Waals surface area (Å²) in [5.74, 6) is -0.0442. The van der Waals surface area contributed by atoms with Crippen molar-refractivity contribution in [3.05, 3.63) is 91.0 Å². The summed E-state index contributed by atoms with van der Waals surface area (Å²) >= 11 is 0. The molecule has 2 bridgehead atoms. The average Bonchev–Trinajstić information content (AvgIpc) is 3.04. The predicted molar refractivity (Wildman–Crippen MR) is 112 cm³/mol. The van der Waals surface area contributed by atoms with Crippen molar-refractivity contribution >= 4 is 29.3 Å². The highest BCUT2D eigenvalue weighted by Gasteiger charge is 2.44. The van der Waals surface area contributed by atoms with E-state index in [2.05, 4.69) is 4.90 Å². The van der Waals surface area contributed by atoms with E-state index in [0.29, 0.717) is 11.1 Å². The number of fused-ring (bicyclic) bond motifs is 2. The van der Waals surface area contributed by atoms with Gasteiger partial charge in [0, 0.05) is 47.5 Å². The smallest absolute Gasteiger partial charge is 0.269 e. The summed E-state index contributed by atoms with van der Waals surface area (Å²) in [6, 6.07) is 12.3. The molecule has 2 aliphatic heterocycles. The number of likely N-dealkylation sites (N-methyl/N-ethyl adjacent to an activating group) is 1. The number of piperidine rings is 1. The number of hydrogen-bond donors (Lipinski definition) is 0. The van der Waals surface area contributed by atoms with Crippen LogP contribution in [0.15, 0.2) is 59.7 Å². The molecule has 2 aromatic carbocycles. The molecule has 152 valence electrons. The van der Waals surface area contributed by atoms with Crippen LogP contribution in [-0.2, 0) is 4.79 Å². The summed E-state index contributed by atoms with van der Waals surface area (Å²) in [5, 5.41) is 21.7. The number of benzene rings is 2. The van der Waals surface area contributed by atoms with Crippen LogP contribution in [0.25, 0.3) is 12.2 Å². The molecular formula is C22H19N3O5. The van der Waals surface area contributed by atoms with Crippen LogP contribution >= 0.6 is 0 Å². The van der Waals surface area contributed by atoms with E-state index >= 15 is 0 Å². The van der Waals surface area contributed by atoms with E-state index in [1.165, 1.54) is 24.3 Å². The van der Waals surface area contributed by atoms with Gasteiger partial charge in [-0.25, -0.2) is 0 Å². The summed E-state index contributed by atoms with van der Waals surface area (Å²) in [5.41, 5.74) is 2.80. The summed E-state index contributed by atoms with van der Waals surface area (Å²) in [6.07, 6.45) is 5.31. The zero-order chi connectivity index (χ0) is 21.4. The topological polar surface area (TPSA) is 107 Å². The number of carbonyl (C=O) groups is 1. The first-order valence-electron chi connectivity index (χ1n) is 9.54. The molecule has 30 heavy (non-hydrogen) atoms. The maximum Gasteiger partial charge on any atom is 0.269 e. The molecule has 0 radical (unpaired) electrons. The maximum absolute atomic E-state index is 13.3. The molecule has 2 fully saturated rings. The highest BCUT2D eigenvalue weighted by Crippen LogP contribution is 2.40. The van der Waals surface area contributed by atoms with Gasteiger partial charge < -0.3 is 0 Å². The quantitative estimate of drug-likeness (QED) is 0.432. The average molecular weight is 405 g/mol. The number of nitro groups is 2. The molecule has 8 heteroatoms. The second-order valence-corrected chi connectivity index (χ2v) is 7.50. The van der Waals surface area contributed by atoms with E-state index < -0.39 is 9.85 Å². The van der Waals surface area contributed by atoms with Gasteiger partial charge in [-0.3, -0.25) is 29.9 Å². The minimum absolute atomic E-state index is 0.00363. The standard InChI is InChI=1S/C22H19N3O5/c1-23-20-10-11-21(23)19(13-15-4-8-17(9-5-15)25(29)30)22(26)18(20)12-14-2-6-16(7-3-14)24(27)28/h2-9,12-13,20-21H,10-11H2,1H3/b18-12+,19-13+. The number of Topliss-reactive ketones (excluding diaryl/α,β-unsaturated/α-hetero) is 1. The van der Waals surface area contributed by atoms with Gasteiger partial charge >= 0.3 is 0 Å². The third-order valence-corrected chi connectivity index (χ3v) is 5.79. The van der Waals surface area contributed by atoms with Gasteiger partial charge in [-0.1, -0.05) is 0 Å². The third kappa shape index (κ3) is 3.53. The molecule has 2 atom stereocenters.